The summed E-state index contributed by atoms with van der Waals surface area (Å²) in [7, 11) is -0.318. The Kier molecular flexibility index (Phi) is 2.80. The largest absolute Gasteiger partial charge is 0.539 e. The van der Waals surface area contributed by atoms with E-state index in [0.717, 1.165) is 5.56 Å². The van der Waals surface area contributed by atoms with Gasteiger partial charge in [-0.2, -0.15) is 0 Å². The summed E-state index contributed by atoms with van der Waals surface area (Å²) in [5.74, 6) is 0.625. The summed E-state index contributed by atoms with van der Waals surface area (Å²) in [6, 6.07) is 5.29. The van der Waals surface area contributed by atoms with Gasteiger partial charge in [0.05, 0.1) is 0 Å². The van der Waals surface area contributed by atoms with E-state index in [9.17, 15) is 0 Å². The van der Waals surface area contributed by atoms with Crippen LogP contribution >= 0.6 is 11.6 Å². The lowest BCUT2D eigenvalue weighted by molar-refractivity contribution is 0.452. The third-order valence-corrected chi connectivity index (χ3v) is 1.61. The zero-order valence-corrected chi connectivity index (χ0v) is 6.93. The second-order valence-electron chi connectivity index (χ2n) is 2.18. The van der Waals surface area contributed by atoms with Crippen LogP contribution in [0.15, 0.2) is 18.2 Å². The molecule has 0 aromatic heterocycles. The second kappa shape index (κ2) is 3.65. The molecule has 0 aliphatic rings. The van der Waals surface area contributed by atoms with Crippen molar-refractivity contribution in [1.29, 1.82) is 0 Å². The van der Waals surface area contributed by atoms with E-state index in [-0.39, 0.29) is 7.69 Å². The molecule has 1 N–H and O–H groups in total. The quantitative estimate of drug-likeness (QED) is 0.678. The van der Waals surface area contributed by atoms with Gasteiger partial charge in [-0.25, -0.2) is 0 Å². The first-order valence-corrected chi connectivity index (χ1v) is 3.61. The van der Waals surface area contributed by atoms with Crippen LogP contribution in [-0.2, 0) is 0 Å². The number of aryl methyl sites for hydroxylation is 1. The molecular weight excluding hydrogens is 162 g/mol. The summed E-state index contributed by atoms with van der Waals surface area (Å²) in [6.07, 6.45) is 0. The van der Waals surface area contributed by atoms with Crippen molar-refractivity contribution in [2.45, 2.75) is 6.92 Å². The highest BCUT2D eigenvalue weighted by Crippen LogP contribution is 2.21. The molecular formula is C7H8BClO2. The average Bonchev–Trinajstić information content (AvgIpc) is 1.98. The van der Waals surface area contributed by atoms with E-state index in [1.807, 2.05) is 13.0 Å². The lowest BCUT2D eigenvalue weighted by atomic mass is 10.2. The van der Waals surface area contributed by atoms with Gasteiger partial charge in [-0.05, 0) is 24.6 Å². The zero-order valence-electron chi connectivity index (χ0n) is 6.17. The molecule has 1 aromatic carbocycles. The first-order chi connectivity index (χ1) is 5.24. The monoisotopic (exact) mass is 170 g/mol. The summed E-state index contributed by atoms with van der Waals surface area (Å²) < 4.78 is 4.89. The molecule has 2 nitrogen and oxygen atoms in total. The molecule has 0 saturated carbocycles. The molecule has 0 radical (unpaired) electrons. The number of hydrogen-bond donors (Lipinski definition) is 1. The van der Waals surface area contributed by atoms with E-state index >= 15 is 0 Å². The molecule has 0 bridgehead atoms. The topological polar surface area (TPSA) is 29.5 Å². The van der Waals surface area contributed by atoms with E-state index in [1.165, 1.54) is 0 Å². The van der Waals surface area contributed by atoms with Crippen LogP contribution in [0.1, 0.15) is 5.56 Å². The fourth-order valence-electron chi connectivity index (χ4n) is 0.799. The molecule has 0 atom stereocenters. The van der Waals surface area contributed by atoms with Crippen molar-refractivity contribution in [3.05, 3.63) is 28.8 Å². The van der Waals surface area contributed by atoms with Gasteiger partial charge >= 0.3 is 7.69 Å². The Bertz CT molecular complexity index is 252. The number of rotatable bonds is 2. The summed E-state index contributed by atoms with van der Waals surface area (Å²) in [5, 5.41) is 9.08. The van der Waals surface area contributed by atoms with Crippen LogP contribution in [0.4, 0.5) is 0 Å². The average molecular weight is 170 g/mol. The van der Waals surface area contributed by atoms with Crippen LogP contribution < -0.4 is 4.65 Å². The van der Waals surface area contributed by atoms with E-state index < -0.39 is 0 Å². The third kappa shape index (κ3) is 2.14. The molecule has 0 fully saturated rings. The number of hydrogen-bond acceptors (Lipinski definition) is 2. The molecule has 0 saturated heterocycles. The van der Waals surface area contributed by atoms with Crippen molar-refractivity contribution in [1.82, 2.24) is 0 Å². The van der Waals surface area contributed by atoms with Gasteiger partial charge in [-0.15, -0.1) is 0 Å². The molecule has 4 heteroatoms. The maximum Gasteiger partial charge on any atom is 0.504 e. The minimum Gasteiger partial charge on any atom is -0.539 e. The molecule has 1 aromatic rings. The van der Waals surface area contributed by atoms with Crippen molar-refractivity contribution in [3.63, 3.8) is 0 Å². The van der Waals surface area contributed by atoms with E-state index in [4.69, 9.17) is 21.3 Å². The summed E-state index contributed by atoms with van der Waals surface area (Å²) in [5.41, 5.74) is 0.962. The maximum atomic E-state index is 8.47. The first kappa shape index (κ1) is 8.43. The first-order valence-electron chi connectivity index (χ1n) is 3.24. The molecule has 0 amide bonds. The molecule has 0 spiro atoms. The molecule has 11 heavy (non-hydrogen) atoms. The molecule has 0 aliphatic carbocycles. The Morgan fingerprint density at radius 2 is 2.27 bits per heavy atom. The van der Waals surface area contributed by atoms with Gasteiger partial charge in [0, 0.05) is 5.02 Å². The van der Waals surface area contributed by atoms with Crippen LogP contribution in [0.3, 0.4) is 0 Å². The van der Waals surface area contributed by atoms with Crippen LogP contribution in [0.5, 0.6) is 5.75 Å². The van der Waals surface area contributed by atoms with E-state index in [2.05, 4.69) is 0 Å². The Morgan fingerprint density at radius 3 is 2.91 bits per heavy atom. The highest BCUT2D eigenvalue weighted by Gasteiger charge is 1.98. The van der Waals surface area contributed by atoms with Crippen LogP contribution in [0.2, 0.25) is 5.02 Å². The van der Waals surface area contributed by atoms with Crippen molar-refractivity contribution >= 4 is 19.3 Å². The molecule has 0 unspecified atom stereocenters. The van der Waals surface area contributed by atoms with Gasteiger partial charge in [0.25, 0.3) is 0 Å². The van der Waals surface area contributed by atoms with Crippen molar-refractivity contribution < 1.29 is 9.68 Å². The number of halogens is 1. The molecule has 58 valence electrons. The molecule has 1 rings (SSSR count). The predicted octanol–water partition coefficient (Wildman–Crippen LogP) is 1.29. The fourth-order valence-corrected chi connectivity index (χ4v) is 0.961. The summed E-state index contributed by atoms with van der Waals surface area (Å²) >= 11 is 5.69. The van der Waals surface area contributed by atoms with Gasteiger partial charge in [0.1, 0.15) is 5.75 Å². The lowest BCUT2D eigenvalue weighted by Crippen LogP contribution is -2.00. The van der Waals surface area contributed by atoms with Gasteiger partial charge < -0.3 is 9.68 Å². The van der Waals surface area contributed by atoms with E-state index in [0.29, 0.717) is 10.8 Å². The molecule has 0 heterocycles. The summed E-state index contributed by atoms with van der Waals surface area (Å²) in [4.78, 5) is 0. The fraction of sp³-hybridized carbons (Fsp3) is 0.143. The Morgan fingerprint density at radius 1 is 1.55 bits per heavy atom. The number of benzene rings is 1. The normalized spacial score (nSPS) is 9.36. The Labute approximate surface area is 71.1 Å². The van der Waals surface area contributed by atoms with Crippen LogP contribution in [0.25, 0.3) is 0 Å². The lowest BCUT2D eigenvalue weighted by Gasteiger charge is -2.05. The van der Waals surface area contributed by atoms with Gasteiger partial charge in [0.15, 0.2) is 0 Å². The van der Waals surface area contributed by atoms with Crippen LogP contribution in [0, 0.1) is 6.92 Å². The highest BCUT2D eigenvalue weighted by molar-refractivity contribution is 6.30. The van der Waals surface area contributed by atoms with Crippen LogP contribution in [-0.4, -0.2) is 12.7 Å². The van der Waals surface area contributed by atoms with Crippen molar-refractivity contribution in [2.24, 2.45) is 0 Å². The minimum atomic E-state index is -0.318. The maximum absolute atomic E-state index is 8.47. The smallest absolute Gasteiger partial charge is 0.504 e. The highest BCUT2D eigenvalue weighted by atomic mass is 35.5. The van der Waals surface area contributed by atoms with E-state index in [1.54, 1.807) is 12.1 Å². The zero-order chi connectivity index (χ0) is 8.27. The van der Waals surface area contributed by atoms with Gasteiger partial charge in [0.2, 0.25) is 0 Å². The molecule has 0 aliphatic heterocycles. The predicted molar refractivity (Wildman–Crippen MR) is 46.2 cm³/mol. The second-order valence-corrected chi connectivity index (χ2v) is 2.62. The standard InChI is InChI=1S/C7H8BClO2/c1-5-2-3-6(9)4-7(5)11-8-10/h2-4,8,10H,1H3. The van der Waals surface area contributed by atoms with Gasteiger partial charge in [-0.1, -0.05) is 17.7 Å². The summed E-state index contributed by atoms with van der Waals surface area (Å²) in [6.45, 7) is 1.89. The Balaban J connectivity index is 2.93. The minimum absolute atomic E-state index is 0.318. The third-order valence-electron chi connectivity index (χ3n) is 1.37. The van der Waals surface area contributed by atoms with Crippen molar-refractivity contribution in [2.75, 3.05) is 0 Å². The Hall–Kier alpha value is -0.665. The SMILES string of the molecule is Cc1ccc(Cl)cc1OBO. The van der Waals surface area contributed by atoms with Crippen molar-refractivity contribution in [3.8, 4) is 5.75 Å². The van der Waals surface area contributed by atoms with Gasteiger partial charge in [-0.3, -0.25) is 0 Å².